The molecule has 3 aromatic rings. The van der Waals surface area contributed by atoms with E-state index in [0.29, 0.717) is 25.2 Å². The molecular weight excluding hydrogens is 611 g/mol. The first-order valence-corrected chi connectivity index (χ1v) is 14.7. The van der Waals surface area contributed by atoms with Gasteiger partial charge in [-0.1, -0.05) is 86.6 Å². The molecule has 2 saturated heterocycles. The van der Waals surface area contributed by atoms with Crippen molar-refractivity contribution < 1.29 is 42.6 Å². The number of hydrogen-bond donors (Lipinski definition) is 3. The average Bonchev–Trinajstić information content (AvgIpc) is 3.36. The fourth-order valence-electron chi connectivity index (χ4n) is 5.56. The molecule has 7 nitrogen and oxygen atoms in total. The minimum atomic E-state index is -0.0655. The van der Waals surface area contributed by atoms with E-state index < -0.39 is 0 Å². The molecule has 43 heavy (non-hydrogen) atoms. The molecule has 1 radical (unpaired) electrons. The van der Waals surface area contributed by atoms with Crippen LogP contribution in [0.3, 0.4) is 0 Å². The Bertz CT molecular complexity index is 1390. The molecule has 2 heterocycles. The van der Waals surface area contributed by atoms with E-state index in [-0.39, 0.29) is 61.5 Å². The number of aliphatic hydroxyl groups excluding tert-OH is 1. The number of amides is 1. The second-order valence-electron chi connectivity index (χ2n) is 12.4. The molecule has 8 heteroatoms. The Morgan fingerprint density at radius 3 is 2.12 bits per heavy atom. The van der Waals surface area contributed by atoms with Crippen molar-refractivity contribution >= 4 is 17.8 Å². The monoisotopic (exact) mass is 653 g/mol. The fraction of sp³-hybridized carbons (Fsp3) is 0.371. The van der Waals surface area contributed by atoms with Gasteiger partial charge in [0, 0.05) is 76.4 Å². The number of benzene rings is 3. The van der Waals surface area contributed by atoms with Crippen molar-refractivity contribution in [3.63, 3.8) is 0 Å². The predicted octanol–water partition coefficient (Wildman–Crippen LogP) is 5.49. The van der Waals surface area contributed by atoms with E-state index in [9.17, 15) is 4.79 Å². The second kappa shape index (κ2) is 14.8. The molecule has 2 aliphatic heterocycles. The van der Waals surface area contributed by atoms with Gasteiger partial charge in [-0.2, -0.15) is 0 Å². The number of nitrogens with one attached hydrogen (secondary N) is 1. The molecule has 1 aliphatic carbocycles. The number of carbonyl (C=O) groups is 1. The Kier molecular flexibility index (Phi) is 11.4. The van der Waals surface area contributed by atoms with E-state index in [1.807, 2.05) is 41.3 Å². The van der Waals surface area contributed by atoms with E-state index in [4.69, 9.17) is 10.8 Å². The van der Waals surface area contributed by atoms with Crippen LogP contribution in [0.4, 0.5) is 5.69 Å². The number of nitrogens with zero attached hydrogens (tertiary/aromatic N) is 3. The molecule has 1 saturated carbocycles. The molecule has 3 fully saturated rings. The third kappa shape index (κ3) is 8.42. The van der Waals surface area contributed by atoms with Crippen molar-refractivity contribution in [1.82, 2.24) is 4.90 Å². The number of anilines is 1. The zero-order chi connectivity index (χ0) is 29.6. The maximum Gasteiger partial charge on any atom is 0.256 e. The molecule has 1 amide bonds. The Hall–Kier alpha value is -2.84. The molecule has 2 atom stereocenters. The number of aliphatic hydroxyl groups is 1. The number of nitrogens with two attached hydrogens (primary N) is 1. The van der Waals surface area contributed by atoms with E-state index in [1.54, 1.807) is 6.21 Å². The molecule has 1 spiro atoms. The summed E-state index contributed by atoms with van der Waals surface area (Å²) in [4.78, 5) is 19.7. The summed E-state index contributed by atoms with van der Waals surface area (Å²) in [6.07, 6.45) is 3.97. The van der Waals surface area contributed by atoms with Gasteiger partial charge in [0.1, 0.15) is 0 Å². The van der Waals surface area contributed by atoms with Crippen molar-refractivity contribution in [3.05, 3.63) is 119 Å². The zero-order valence-corrected chi connectivity index (χ0v) is 28.0. The van der Waals surface area contributed by atoms with Crippen LogP contribution in [0, 0.1) is 10.8 Å². The van der Waals surface area contributed by atoms with Gasteiger partial charge in [0.2, 0.25) is 0 Å². The smallest absolute Gasteiger partial charge is 0.256 e. The molecule has 4 N–H and O–H groups in total. The van der Waals surface area contributed by atoms with Crippen LogP contribution in [0.2, 0.25) is 0 Å². The van der Waals surface area contributed by atoms with Gasteiger partial charge in [0.15, 0.2) is 0 Å². The molecule has 3 aliphatic rings. The normalized spacial score (nSPS) is 21.4. The third-order valence-electron chi connectivity index (χ3n) is 8.68. The quantitative estimate of drug-likeness (QED) is 0.221. The van der Waals surface area contributed by atoms with Gasteiger partial charge in [0.25, 0.3) is 5.91 Å². The number of hydrogen-bond acceptors (Lipinski definition) is 5. The Morgan fingerprint density at radius 1 is 1.02 bits per heavy atom. The summed E-state index contributed by atoms with van der Waals surface area (Å²) in [7, 11) is 0. The summed E-state index contributed by atoms with van der Waals surface area (Å²) < 4.78 is 0. The SMILES string of the molecule is CC1(C)CC1O.N/C=C(\C=NCc1ccccc1)C(=O)N1CC(c2ccc(NCc3ccccc3)cc2)C2(C[N-]C2)C1.[Y]. The van der Waals surface area contributed by atoms with Crippen molar-refractivity contribution in [1.29, 1.82) is 0 Å². The molecular formula is C35H42N5O2Y-. The maximum atomic E-state index is 13.3. The minimum Gasteiger partial charge on any atom is -0.661 e. The van der Waals surface area contributed by atoms with E-state index in [2.05, 4.69) is 78.0 Å². The number of aliphatic imine (C=N–C) groups is 1. The van der Waals surface area contributed by atoms with Crippen LogP contribution >= 0.6 is 0 Å². The predicted molar refractivity (Wildman–Crippen MR) is 170 cm³/mol. The van der Waals surface area contributed by atoms with Gasteiger partial charge >= 0.3 is 0 Å². The van der Waals surface area contributed by atoms with Crippen LogP contribution in [-0.2, 0) is 50.6 Å². The number of rotatable bonds is 8. The molecule has 2 unspecified atom stereocenters. The first-order chi connectivity index (χ1) is 20.3. The van der Waals surface area contributed by atoms with E-state index in [0.717, 1.165) is 37.3 Å². The number of likely N-dealkylation sites (tertiary alicyclic amines) is 1. The van der Waals surface area contributed by atoms with E-state index in [1.165, 1.54) is 17.3 Å². The van der Waals surface area contributed by atoms with Gasteiger partial charge in [-0.3, -0.25) is 9.79 Å². The van der Waals surface area contributed by atoms with Crippen LogP contribution in [0.1, 0.15) is 42.9 Å². The number of carbonyl (C=O) groups excluding carboxylic acids is 1. The van der Waals surface area contributed by atoms with Gasteiger partial charge < -0.3 is 26.4 Å². The van der Waals surface area contributed by atoms with Crippen molar-refractivity contribution in [2.24, 2.45) is 21.6 Å². The molecule has 0 bridgehead atoms. The van der Waals surface area contributed by atoms with Crippen molar-refractivity contribution in [2.45, 2.75) is 45.4 Å². The minimum absolute atomic E-state index is 0. The first kappa shape index (κ1) is 33.1. The Labute approximate surface area is 280 Å². The molecule has 223 valence electrons. The summed E-state index contributed by atoms with van der Waals surface area (Å²) in [6.45, 7) is 8.37. The van der Waals surface area contributed by atoms with E-state index >= 15 is 0 Å². The summed E-state index contributed by atoms with van der Waals surface area (Å²) in [5.74, 6) is 0.187. The van der Waals surface area contributed by atoms with Crippen LogP contribution in [0.15, 0.2) is 102 Å². The van der Waals surface area contributed by atoms with Crippen LogP contribution in [0.25, 0.3) is 5.32 Å². The second-order valence-corrected chi connectivity index (χ2v) is 12.4. The molecule has 6 rings (SSSR count). The van der Waals surface area contributed by atoms with Crippen molar-refractivity contribution in [2.75, 3.05) is 31.5 Å². The summed E-state index contributed by atoms with van der Waals surface area (Å²) in [5.41, 5.74) is 11.2. The average molecular weight is 654 g/mol. The summed E-state index contributed by atoms with van der Waals surface area (Å²) >= 11 is 0. The van der Waals surface area contributed by atoms with Crippen LogP contribution in [-0.4, -0.2) is 54.4 Å². The summed E-state index contributed by atoms with van der Waals surface area (Å²) in [6, 6.07) is 29.0. The molecule has 0 aromatic heterocycles. The fourth-order valence-corrected chi connectivity index (χ4v) is 5.56. The van der Waals surface area contributed by atoms with Gasteiger partial charge in [-0.25, -0.2) is 0 Å². The van der Waals surface area contributed by atoms with Crippen LogP contribution in [0.5, 0.6) is 0 Å². The van der Waals surface area contributed by atoms with Gasteiger partial charge in [-0.05, 0) is 46.1 Å². The summed E-state index contributed by atoms with van der Waals surface area (Å²) in [5, 5.41) is 16.7. The Morgan fingerprint density at radius 2 is 1.60 bits per heavy atom. The van der Waals surface area contributed by atoms with Crippen LogP contribution < -0.4 is 11.1 Å². The first-order valence-electron chi connectivity index (χ1n) is 14.7. The van der Waals surface area contributed by atoms with Crippen molar-refractivity contribution in [3.8, 4) is 0 Å². The third-order valence-corrected chi connectivity index (χ3v) is 8.68. The topological polar surface area (TPSA) is 105 Å². The standard InChI is InChI=1S/C30H32N5O.C5H10O.Y/c31-15-26(18-32-16-23-7-3-1-4-8-23)29(36)35-19-28(30(22-35)20-33-21-30)25-11-13-27(14-12-25)34-17-24-9-5-2-6-10-24;1-5(2)3-4(5)6;/h1-15,18,28,34H,16-17,19-22,31H2;4,6H,3H2,1-2H3;/q-1;;/b26-15+,32-18?;;. The largest absolute Gasteiger partial charge is 0.661 e. The van der Waals surface area contributed by atoms with Gasteiger partial charge in [0.05, 0.1) is 18.2 Å². The maximum absolute atomic E-state index is 13.3. The Balaban J connectivity index is 0.000000541. The zero-order valence-electron chi connectivity index (χ0n) is 25.2. The van der Waals surface area contributed by atoms with Gasteiger partial charge in [-0.15, -0.1) is 13.1 Å². The molecule has 3 aromatic carbocycles.